The fourth-order valence-corrected chi connectivity index (χ4v) is 5.20. The van der Waals surface area contributed by atoms with Crippen LogP contribution in [0.5, 0.6) is 0 Å². The van der Waals surface area contributed by atoms with Gasteiger partial charge in [-0.05, 0) is 84.4 Å². The summed E-state index contributed by atoms with van der Waals surface area (Å²) in [5.41, 5.74) is 4.89. The van der Waals surface area contributed by atoms with E-state index >= 15 is 0 Å². The first-order valence-corrected chi connectivity index (χ1v) is 12.8. The molecule has 0 aliphatic carbocycles. The van der Waals surface area contributed by atoms with Crippen molar-refractivity contribution in [2.24, 2.45) is 5.10 Å². The van der Waals surface area contributed by atoms with Gasteiger partial charge in [0.2, 0.25) is 5.82 Å². The van der Waals surface area contributed by atoms with Crippen LogP contribution < -0.4 is 5.56 Å². The number of hydrogen-bond acceptors (Lipinski definition) is 4. The summed E-state index contributed by atoms with van der Waals surface area (Å²) in [7, 11) is 0. The molecule has 8 heteroatoms. The van der Waals surface area contributed by atoms with E-state index in [1.807, 2.05) is 62.4 Å². The molecule has 3 aromatic carbocycles. The summed E-state index contributed by atoms with van der Waals surface area (Å²) in [6.45, 7) is 4.07. The van der Waals surface area contributed by atoms with E-state index in [-0.39, 0.29) is 5.56 Å². The van der Waals surface area contributed by atoms with E-state index in [0.717, 1.165) is 32.5 Å². The molecule has 0 amide bonds. The highest BCUT2D eigenvalue weighted by molar-refractivity contribution is 9.10. The summed E-state index contributed by atoms with van der Waals surface area (Å²) in [4.78, 5) is 18.3. The fourth-order valence-electron chi connectivity index (χ4n) is 4.56. The Balaban J connectivity index is 1.53. The number of benzene rings is 3. The zero-order valence-electron chi connectivity index (χ0n) is 19.9. The molecule has 0 spiro atoms. The Morgan fingerprint density at radius 2 is 1.78 bits per heavy atom. The van der Waals surface area contributed by atoms with Gasteiger partial charge >= 0.3 is 0 Å². The minimum atomic E-state index is -0.282. The third kappa shape index (κ3) is 4.10. The van der Waals surface area contributed by atoms with Crippen LogP contribution in [0.15, 0.2) is 97.6 Å². The molecular weight excluding hydrogens is 552 g/mol. The van der Waals surface area contributed by atoms with Gasteiger partial charge in [-0.15, -0.1) is 0 Å². The maximum Gasteiger partial charge on any atom is 0.282 e. The van der Waals surface area contributed by atoms with Crippen molar-refractivity contribution in [3.63, 3.8) is 0 Å². The smallest absolute Gasteiger partial charge is 0.282 e. The molecule has 0 aliphatic heterocycles. The predicted octanol–water partition coefficient (Wildman–Crippen LogP) is 7.52. The molecule has 0 aliphatic rings. The Labute approximate surface area is 225 Å². The minimum absolute atomic E-state index is 0.282. The molecule has 0 N–H and O–H groups in total. The number of furan rings is 1. The number of halogens is 2. The molecule has 0 fully saturated rings. The van der Waals surface area contributed by atoms with Gasteiger partial charge in [0, 0.05) is 31.8 Å². The molecule has 0 saturated heterocycles. The molecular formula is C29H20BrClN4O2. The zero-order chi connectivity index (χ0) is 25.7. The average Bonchev–Trinajstić information content (AvgIpc) is 3.43. The van der Waals surface area contributed by atoms with Gasteiger partial charge in [0.05, 0.1) is 22.8 Å². The van der Waals surface area contributed by atoms with Gasteiger partial charge < -0.3 is 8.98 Å². The Kier molecular flexibility index (Phi) is 5.82. The van der Waals surface area contributed by atoms with Gasteiger partial charge in [0.1, 0.15) is 5.58 Å². The van der Waals surface area contributed by atoms with Gasteiger partial charge in [-0.2, -0.15) is 9.78 Å². The SMILES string of the molecule is Cc1cc(C=Nn2c(-c3cc4cc(Cl)ccc4o3)nc3ccccc3c2=O)c(C)n1-c1ccccc1Br. The first-order chi connectivity index (χ1) is 17.9. The van der Waals surface area contributed by atoms with Crippen molar-refractivity contribution in [2.75, 3.05) is 0 Å². The molecule has 6 nitrogen and oxygen atoms in total. The predicted molar refractivity (Wildman–Crippen MR) is 152 cm³/mol. The minimum Gasteiger partial charge on any atom is -0.453 e. The van der Waals surface area contributed by atoms with Crippen LogP contribution in [0.4, 0.5) is 0 Å². The summed E-state index contributed by atoms with van der Waals surface area (Å²) in [5, 5.41) is 6.52. The lowest BCUT2D eigenvalue weighted by Crippen LogP contribution is -2.20. The molecule has 182 valence electrons. The van der Waals surface area contributed by atoms with Crippen molar-refractivity contribution in [1.29, 1.82) is 0 Å². The monoisotopic (exact) mass is 570 g/mol. The van der Waals surface area contributed by atoms with E-state index in [4.69, 9.17) is 21.0 Å². The lowest BCUT2D eigenvalue weighted by Gasteiger charge is -2.11. The number of nitrogens with zero attached hydrogens (tertiary/aromatic N) is 4. The Morgan fingerprint density at radius 1 is 1.00 bits per heavy atom. The van der Waals surface area contributed by atoms with E-state index in [1.165, 1.54) is 4.68 Å². The third-order valence-corrected chi connectivity index (χ3v) is 7.23. The number of fused-ring (bicyclic) bond motifs is 2. The topological polar surface area (TPSA) is 65.3 Å². The molecule has 6 rings (SSSR count). The lowest BCUT2D eigenvalue weighted by atomic mass is 10.2. The van der Waals surface area contributed by atoms with Crippen LogP contribution in [0.1, 0.15) is 17.0 Å². The van der Waals surface area contributed by atoms with E-state index < -0.39 is 0 Å². The van der Waals surface area contributed by atoms with Crippen LogP contribution in [-0.4, -0.2) is 20.4 Å². The summed E-state index contributed by atoms with van der Waals surface area (Å²) < 4.78 is 10.5. The standard InChI is InChI=1S/C29H20BrClN4O2/c1-17-13-20(18(2)34(17)25-10-6-4-8-23(25)30)16-32-35-28(33-24-9-5-3-7-22(24)29(35)36)27-15-19-14-21(31)11-12-26(19)37-27/h3-16H,1-2H3. The number of para-hydroxylation sites is 2. The van der Waals surface area contributed by atoms with Gasteiger partial charge in [-0.25, -0.2) is 4.98 Å². The molecule has 37 heavy (non-hydrogen) atoms. The second kappa shape index (κ2) is 9.18. The van der Waals surface area contributed by atoms with Crippen molar-refractivity contribution in [2.45, 2.75) is 13.8 Å². The van der Waals surface area contributed by atoms with Crippen LogP contribution in [-0.2, 0) is 0 Å². The highest BCUT2D eigenvalue weighted by Gasteiger charge is 2.17. The molecule has 3 heterocycles. The van der Waals surface area contributed by atoms with Crippen LogP contribution in [0.3, 0.4) is 0 Å². The Bertz CT molecular complexity index is 1920. The molecule has 0 saturated carbocycles. The first kappa shape index (κ1) is 23.5. The Morgan fingerprint density at radius 3 is 2.62 bits per heavy atom. The number of aromatic nitrogens is 3. The zero-order valence-corrected chi connectivity index (χ0v) is 22.3. The maximum atomic E-state index is 13.6. The number of aryl methyl sites for hydroxylation is 1. The van der Waals surface area contributed by atoms with Crippen molar-refractivity contribution in [1.82, 2.24) is 14.2 Å². The van der Waals surface area contributed by atoms with E-state index in [0.29, 0.717) is 33.1 Å². The molecule has 0 bridgehead atoms. The largest absolute Gasteiger partial charge is 0.453 e. The summed E-state index contributed by atoms with van der Waals surface area (Å²) in [6, 6.07) is 24.5. The van der Waals surface area contributed by atoms with Gasteiger partial charge in [-0.3, -0.25) is 4.79 Å². The summed E-state index contributed by atoms with van der Waals surface area (Å²) >= 11 is 9.81. The third-order valence-electron chi connectivity index (χ3n) is 6.33. The van der Waals surface area contributed by atoms with Crippen molar-refractivity contribution < 1.29 is 4.42 Å². The molecule has 0 unspecified atom stereocenters. The van der Waals surface area contributed by atoms with Crippen molar-refractivity contribution in [3.8, 4) is 17.3 Å². The fraction of sp³-hybridized carbons (Fsp3) is 0.0690. The second-order valence-electron chi connectivity index (χ2n) is 8.72. The summed E-state index contributed by atoms with van der Waals surface area (Å²) in [5.74, 6) is 0.739. The number of rotatable bonds is 4. The quantitative estimate of drug-likeness (QED) is 0.206. The van der Waals surface area contributed by atoms with Crippen molar-refractivity contribution >= 4 is 55.6 Å². The summed E-state index contributed by atoms with van der Waals surface area (Å²) in [6.07, 6.45) is 1.69. The van der Waals surface area contributed by atoms with Crippen LogP contribution in [0.2, 0.25) is 5.02 Å². The average molecular weight is 572 g/mol. The second-order valence-corrected chi connectivity index (χ2v) is 10.0. The van der Waals surface area contributed by atoms with Gasteiger partial charge in [0.15, 0.2) is 5.76 Å². The normalized spacial score (nSPS) is 11.8. The van der Waals surface area contributed by atoms with Gasteiger partial charge in [-0.1, -0.05) is 35.9 Å². The highest BCUT2D eigenvalue weighted by atomic mass is 79.9. The highest BCUT2D eigenvalue weighted by Crippen LogP contribution is 2.30. The van der Waals surface area contributed by atoms with Crippen LogP contribution in [0, 0.1) is 13.8 Å². The molecule has 6 aromatic rings. The van der Waals surface area contributed by atoms with E-state index in [1.54, 1.807) is 30.5 Å². The van der Waals surface area contributed by atoms with E-state index in [9.17, 15) is 4.79 Å². The lowest BCUT2D eigenvalue weighted by molar-refractivity contribution is 0.616. The number of hydrogen-bond donors (Lipinski definition) is 0. The molecule has 0 atom stereocenters. The first-order valence-electron chi connectivity index (χ1n) is 11.6. The molecule has 0 radical (unpaired) electrons. The van der Waals surface area contributed by atoms with Crippen molar-refractivity contribution in [3.05, 3.63) is 116 Å². The Hall–Kier alpha value is -3.94. The van der Waals surface area contributed by atoms with E-state index in [2.05, 4.69) is 31.7 Å². The molecule has 3 aromatic heterocycles. The van der Waals surface area contributed by atoms with Crippen LogP contribution >= 0.6 is 27.5 Å². The van der Waals surface area contributed by atoms with Crippen LogP contribution in [0.25, 0.3) is 39.1 Å². The maximum absolute atomic E-state index is 13.6. The van der Waals surface area contributed by atoms with Gasteiger partial charge in [0.25, 0.3) is 5.56 Å².